The van der Waals surface area contributed by atoms with Crippen molar-refractivity contribution in [2.45, 2.75) is 0 Å². The Morgan fingerprint density at radius 2 is 1.63 bits per heavy atom. The molecule has 0 saturated carbocycles. The summed E-state index contributed by atoms with van der Waals surface area (Å²) in [5.74, 6) is -0.236. The fourth-order valence-corrected chi connectivity index (χ4v) is 3.09. The zero-order valence-corrected chi connectivity index (χ0v) is 16.5. The molecule has 7 heteroatoms. The van der Waals surface area contributed by atoms with E-state index in [9.17, 15) is 9.59 Å². The van der Waals surface area contributed by atoms with Crippen LogP contribution < -0.4 is 21.0 Å². The highest BCUT2D eigenvalue weighted by Crippen LogP contribution is 2.30. The lowest BCUT2D eigenvalue weighted by Crippen LogP contribution is -2.34. The van der Waals surface area contributed by atoms with Gasteiger partial charge >= 0.3 is 0 Å². The zero-order valence-electron chi connectivity index (χ0n) is 15.7. The zero-order chi connectivity index (χ0) is 20.9. The maximum atomic E-state index is 13.0. The molecule has 1 aromatic heterocycles. The molecule has 0 bridgehead atoms. The van der Waals surface area contributed by atoms with Gasteiger partial charge in [0.15, 0.2) is 12.4 Å². The van der Waals surface area contributed by atoms with Crippen LogP contribution in [0.5, 0.6) is 5.75 Å². The number of hydrogen-bond donors (Lipinski definition) is 2. The highest BCUT2D eigenvalue weighted by atomic mass is 35.5. The van der Waals surface area contributed by atoms with Crippen molar-refractivity contribution in [3.8, 4) is 17.1 Å². The summed E-state index contributed by atoms with van der Waals surface area (Å²) in [6, 6.07) is 23.0. The predicted octanol–water partition coefficient (Wildman–Crippen LogP) is 4.64. The molecule has 2 N–H and O–H groups in total. The molecule has 6 nitrogen and oxygen atoms in total. The summed E-state index contributed by atoms with van der Waals surface area (Å²) in [7, 11) is 0. The highest BCUT2D eigenvalue weighted by molar-refractivity contribution is 6.33. The molecule has 1 heterocycles. The number of halogens is 1. The molecule has 150 valence electrons. The Morgan fingerprint density at radius 1 is 0.933 bits per heavy atom. The van der Waals surface area contributed by atoms with Crippen LogP contribution in [0.2, 0.25) is 5.02 Å². The molecule has 1 amide bonds. The molecule has 0 saturated heterocycles. The van der Waals surface area contributed by atoms with Gasteiger partial charge in [-0.05, 0) is 24.3 Å². The van der Waals surface area contributed by atoms with Crippen LogP contribution in [0.1, 0.15) is 0 Å². The first-order valence-electron chi connectivity index (χ1n) is 9.17. The molecule has 0 fully saturated rings. The van der Waals surface area contributed by atoms with Crippen LogP contribution in [0.3, 0.4) is 0 Å². The molecule has 0 spiro atoms. The van der Waals surface area contributed by atoms with Gasteiger partial charge in [-0.25, -0.2) is 0 Å². The second-order valence-electron chi connectivity index (χ2n) is 6.39. The minimum absolute atomic E-state index is 0.0206. The van der Waals surface area contributed by atoms with E-state index in [0.29, 0.717) is 27.2 Å². The Bertz CT molecular complexity index is 1260. The van der Waals surface area contributed by atoms with Crippen molar-refractivity contribution in [1.82, 2.24) is 5.43 Å². The maximum Gasteiger partial charge on any atom is 0.276 e. The third-order valence-corrected chi connectivity index (χ3v) is 4.68. The summed E-state index contributed by atoms with van der Waals surface area (Å²) in [6.45, 7) is -0.389. The van der Waals surface area contributed by atoms with E-state index >= 15 is 0 Å². The van der Waals surface area contributed by atoms with E-state index < -0.39 is 5.91 Å². The van der Waals surface area contributed by atoms with Gasteiger partial charge in [-0.1, -0.05) is 66.2 Å². The van der Waals surface area contributed by atoms with E-state index in [4.69, 9.17) is 20.8 Å². The average Bonchev–Trinajstić information content (AvgIpc) is 2.78. The number of hydrogen-bond acceptors (Lipinski definition) is 5. The van der Waals surface area contributed by atoms with Gasteiger partial charge in [-0.2, -0.15) is 0 Å². The number of carbonyl (C=O) groups excluding carboxylic acids is 1. The summed E-state index contributed by atoms with van der Waals surface area (Å²) >= 11 is 6.05. The van der Waals surface area contributed by atoms with Crippen LogP contribution in [0.15, 0.2) is 88.1 Å². The smallest absolute Gasteiger partial charge is 0.276 e. The molecule has 0 radical (unpaired) electrons. The summed E-state index contributed by atoms with van der Waals surface area (Å²) in [4.78, 5) is 25.3. The fraction of sp³-hybridized carbons (Fsp3) is 0.0435. The minimum atomic E-state index is -0.485. The Morgan fingerprint density at radius 3 is 2.43 bits per heavy atom. The van der Waals surface area contributed by atoms with Crippen molar-refractivity contribution < 1.29 is 13.9 Å². The van der Waals surface area contributed by atoms with Crippen molar-refractivity contribution in [1.29, 1.82) is 0 Å². The first-order valence-corrected chi connectivity index (χ1v) is 9.55. The number of ether oxygens (including phenoxy) is 1. The van der Waals surface area contributed by atoms with E-state index in [1.807, 2.05) is 18.2 Å². The van der Waals surface area contributed by atoms with E-state index in [1.165, 1.54) is 0 Å². The van der Waals surface area contributed by atoms with Gasteiger partial charge in [-0.3, -0.25) is 20.4 Å². The van der Waals surface area contributed by atoms with E-state index in [0.717, 1.165) is 0 Å². The Labute approximate surface area is 177 Å². The van der Waals surface area contributed by atoms with Gasteiger partial charge in [0.2, 0.25) is 11.2 Å². The first kappa shape index (κ1) is 19.5. The molecule has 3 aromatic carbocycles. The van der Waals surface area contributed by atoms with Crippen molar-refractivity contribution >= 4 is 34.2 Å². The quantitative estimate of drug-likeness (QED) is 0.444. The van der Waals surface area contributed by atoms with Gasteiger partial charge in [0, 0.05) is 5.56 Å². The third kappa shape index (κ3) is 4.14. The highest BCUT2D eigenvalue weighted by Gasteiger charge is 2.18. The number of fused-ring (bicyclic) bond motifs is 1. The van der Waals surface area contributed by atoms with Crippen LogP contribution in [0.25, 0.3) is 22.3 Å². The van der Waals surface area contributed by atoms with Crippen LogP contribution in [-0.4, -0.2) is 12.5 Å². The SMILES string of the molecule is O=C(COc1c(-c2ccccc2)oc2ccccc2c1=O)NNc1ccccc1Cl. The normalized spacial score (nSPS) is 10.6. The average molecular weight is 421 g/mol. The monoisotopic (exact) mass is 420 g/mol. The summed E-state index contributed by atoms with van der Waals surface area (Å²) < 4.78 is 11.6. The summed E-state index contributed by atoms with van der Waals surface area (Å²) in [6.07, 6.45) is 0. The maximum absolute atomic E-state index is 13.0. The fourth-order valence-electron chi connectivity index (χ4n) is 2.91. The van der Waals surface area contributed by atoms with Crippen molar-refractivity contribution in [2.75, 3.05) is 12.0 Å². The molecular weight excluding hydrogens is 404 g/mol. The van der Waals surface area contributed by atoms with Gasteiger partial charge in [-0.15, -0.1) is 0 Å². The predicted molar refractivity (Wildman–Crippen MR) is 117 cm³/mol. The Hall–Kier alpha value is -3.77. The van der Waals surface area contributed by atoms with Gasteiger partial charge in [0.1, 0.15) is 5.58 Å². The number of para-hydroxylation sites is 2. The standard InChI is InChI=1S/C23H17ClN2O4/c24-17-11-5-6-12-18(17)25-26-20(27)14-29-23-21(28)16-10-4-7-13-19(16)30-22(23)15-8-2-1-3-9-15/h1-13,25H,14H2,(H,26,27). The van der Waals surface area contributed by atoms with E-state index in [1.54, 1.807) is 60.7 Å². The van der Waals surface area contributed by atoms with Crippen molar-refractivity contribution in [3.63, 3.8) is 0 Å². The Balaban J connectivity index is 1.58. The lowest BCUT2D eigenvalue weighted by Gasteiger charge is -2.13. The van der Waals surface area contributed by atoms with Crippen LogP contribution in [0.4, 0.5) is 5.69 Å². The molecule has 30 heavy (non-hydrogen) atoms. The number of hydrazine groups is 1. The van der Waals surface area contributed by atoms with Crippen molar-refractivity contribution in [2.24, 2.45) is 0 Å². The van der Waals surface area contributed by atoms with Gasteiger partial charge < -0.3 is 9.15 Å². The van der Waals surface area contributed by atoms with Crippen molar-refractivity contribution in [3.05, 3.63) is 94.1 Å². The molecule has 4 rings (SSSR count). The van der Waals surface area contributed by atoms with E-state index in [2.05, 4.69) is 10.9 Å². The molecule has 0 aliphatic carbocycles. The molecule has 0 unspecified atom stereocenters. The third-order valence-electron chi connectivity index (χ3n) is 4.35. The number of benzene rings is 3. The Kier molecular flexibility index (Phi) is 5.68. The number of amides is 1. The lowest BCUT2D eigenvalue weighted by molar-refractivity contribution is -0.122. The second-order valence-corrected chi connectivity index (χ2v) is 6.80. The first-order chi connectivity index (χ1) is 14.6. The lowest BCUT2D eigenvalue weighted by atomic mass is 10.1. The second kappa shape index (κ2) is 8.71. The molecule has 0 aliphatic rings. The minimum Gasteiger partial charge on any atom is -0.476 e. The molecule has 0 atom stereocenters. The van der Waals surface area contributed by atoms with E-state index in [-0.39, 0.29) is 23.5 Å². The van der Waals surface area contributed by atoms with Crippen LogP contribution in [-0.2, 0) is 4.79 Å². The topological polar surface area (TPSA) is 80.6 Å². The number of nitrogens with one attached hydrogen (secondary N) is 2. The number of anilines is 1. The molecule has 0 aliphatic heterocycles. The molecule has 4 aromatic rings. The van der Waals surface area contributed by atoms with Gasteiger partial charge in [0.25, 0.3) is 5.91 Å². The van der Waals surface area contributed by atoms with Crippen LogP contribution in [0, 0.1) is 0 Å². The van der Waals surface area contributed by atoms with Gasteiger partial charge in [0.05, 0.1) is 16.1 Å². The summed E-state index contributed by atoms with van der Waals surface area (Å²) in [5, 5.41) is 0.835. The van der Waals surface area contributed by atoms with Crippen LogP contribution >= 0.6 is 11.6 Å². The summed E-state index contributed by atoms with van der Waals surface area (Å²) in [5.41, 5.74) is 6.54. The molecular formula is C23H17ClN2O4. The largest absolute Gasteiger partial charge is 0.476 e. The number of carbonyl (C=O) groups is 1. The number of rotatable bonds is 6.